The molecule has 1 aromatic heterocycles. The molecule has 0 bridgehead atoms. The van der Waals surface area contributed by atoms with Crippen LogP contribution in [0.1, 0.15) is 28.8 Å². The number of aryl methyl sites for hydroxylation is 1. The molecule has 0 saturated carbocycles. The zero-order chi connectivity index (χ0) is 10.7. The summed E-state index contributed by atoms with van der Waals surface area (Å²) < 4.78 is 24.9. The summed E-state index contributed by atoms with van der Waals surface area (Å²) in [4.78, 5) is 3.57. The van der Waals surface area contributed by atoms with Crippen molar-refractivity contribution < 1.29 is 8.78 Å². The lowest BCUT2D eigenvalue weighted by Gasteiger charge is -2.08. The van der Waals surface area contributed by atoms with Crippen molar-refractivity contribution >= 4 is 11.6 Å². The largest absolute Gasteiger partial charge is 0.280 e. The summed E-state index contributed by atoms with van der Waals surface area (Å²) in [6, 6.07) is 1.85. The summed E-state index contributed by atoms with van der Waals surface area (Å²) >= 11 is 5.51. The van der Waals surface area contributed by atoms with Gasteiger partial charge in [0.25, 0.3) is 6.43 Å². The third-order valence-electron chi connectivity index (χ3n) is 1.85. The number of nitrogens with zero attached hydrogens (tertiary/aromatic N) is 2. The molecule has 0 aromatic carbocycles. The Morgan fingerprint density at radius 1 is 1.64 bits per heavy atom. The highest BCUT2D eigenvalue weighted by molar-refractivity contribution is 6.17. The average Bonchev–Trinajstić information content (AvgIpc) is 2.16. The van der Waals surface area contributed by atoms with Crippen molar-refractivity contribution in [3.8, 4) is 6.07 Å². The van der Waals surface area contributed by atoms with Gasteiger partial charge in [0.15, 0.2) is 0 Å². The molecule has 0 aliphatic rings. The number of rotatable bonds is 2. The first-order valence-corrected chi connectivity index (χ1v) is 4.37. The van der Waals surface area contributed by atoms with E-state index in [9.17, 15) is 8.78 Å². The monoisotopic (exact) mass is 216 g/mol. The minimum atomic E-state index is -2.70. The van der Waals surface area contributed by atoms with Gasteiger partial charge in [0.1, 0.15) is 5.69 Å². The molecule has 5 heteroatoms. The van der Waals surface area contributed by atoms with Crippen LogP contribution < -0.4 is 0 Å². The summed E-state index contributed by atoms with van der Waals surface area (Å²) in [6.45, 7) is 1.64. The second-order valence-electron chi connectivity index (χ2n) is 2.73. The van der Waals surface area contributed by atoms with Crippen molar-refractivity contribution in [2.45, 2.75) is 19.2 Å². The number of halogens is 3. The first-order valence-electron chi connectivity index (χ1n) is 3.84. The molecule has 2 nitrogen and oxygen atoms in total. The summed E-state index contributed by atoms with van der Waals surface area (Å²) in [5, 5.41) is 8.76. The molecular formula is C9H7ClF2N2. The van der Waals surface area contributed by atoms with E-state index in [1.165, 1.54) is 6.20 Å². The zero-order valence-electron chi connectivity index (χ0n) is 7.39. The standard InChI is InChI=1S/C9H7ClF2N2/c1-5-4-14-8(9(11)12)6(2-10)7(5)3-13/h4,9H,2H2,1H3. The Bertz CT molecular complexity index is 385. The molecule has 0 fully saturated rings. The topological polar surface area (TPSA) is 36.7 Å². The Hall–Kier alpha value is -1.21. The van der Waals surface area contributed by atoms with E-state index in [4.69, 9.17) is 16.9 Å². The van der Waals surface area contributed by atoms with Gasteiger partial charge in [-0.05, 0) is 12.5 Å². The first kappa shape index (κ1) is 10.9. The van der Waals surface area contributed by atoms with E-state index >= 15 is 0 Å². The van der Waals surface area contributed by atoms with E-state index in [-0.39, 0.29) is 17.0 Å². The highest BCUT2D eigenvalue weighted by Crippen LogP contribution is 2.26. The number of aromatic nitrogens is 1. The molecule has 0 radical (unpaired) electrons. The van der Waals surface area contributed by atoms with Gasteiger partial charge in [-0.1, -0.05) is 0 Å². The van der Waals surface area contributed by atoms with Crippen LogP contribution in [0, 0.1) is 18.3 Å². The summed E-state index contributed by atoms with van der Waals surface area (Å²) in [7, 11) is 0. The molecule has 74 valence electrons. The molecule has 0 spiro atoms. The van der Waals surface area contributed by atoms with Gasteiger partial charge in [-0.15, -0.1) is 11.6 Å². The number of alkyl halides is 3. The predicted molar refractivity (Wildman–Crippen MR) is 48.2 cm³/mol. The van der Waals surface area contributed by atoms with E-state index < -0.39 is 12.1 Å². The van der Waals surface area contributed by atoms with E-state index in [0.717, 1.165) is 0 Å². The number of hydrogen-bond donors (Lipinski definition) is 0. The lowest BCUT2D eigenvalue weighted by atomic mass is 10.0. The maximum absolute atomic E-state index is 12.4. The fourth-order valence-electron chi connectivity index (χ4n) is 1.15. The van der Waals surface area contributed by atoms with Crippen molar-refractivity contribution in [1.29, 1.82) is 5.26 Å². The molecule has 0 saturated heterocycles. The van der Waals surface area contributed by atoms with Crippen LogP contribution in [0.15, 0.2) is 6.20 Å². The van der Waals surface area contributed by atoms with E-state index in [1.54, 1.807) is 6.92 Å². The fraction of sp³-hybridized carbons (Fsp3) is 0.333. The van der Waals surface area contributed by atoms with Crippen LogP contribution in [0.25, 0.3) is 0 Å². The highest BCUT2D eigenvalue weighted by atomic mass is 35.5. The average molecular weight is 217 g/mol. The van der Waals surface area contributed by atoms with Gasteiger partial charge in [-0.2, -0.15) is 5.26 Å². The second-order valence-corrected chi connectivity index (χ2v) is 2.99. The van der Waals surface area contributed by atoms with Crippen LogP contribution in [0.5, 0.6) is 0 Å². The van der Waals surface area contributed by atoms with Crippen LogP contribution in [0.2, 0.25) is 0 Å². The molecule has 1 aromatic rings. The summed E-state index contributed by atoms with van der Waals surface area (Å²) in [5.41, 5.74) is 0.490. The van der Waals surface area contributed by atoms with Crippen LogP contribution in [0.3, 0.4) is 0 Å². The third-order valence-corrected chi connectivity index (χ3v) is 2.12. The maximum atomic E-state index is 12.4. The Labute approximate surface area is 85.1 Å². The Kier molecular flexibility index (Phi) is 3.37. The van der Waals surface area contributed by atoms with E-state index in [0.29, 0.717) is 5.56 Å². The SMILES string of the molecule is Cc1cnc(C(F)F)c(CCl)c1C#N. The van der Waals surface area contributed by atoms with Crippen molar-refractivity contribution in [3.63, 3.8) is 0 Å². The molecule has 0 atom stereocenters. The van der Waals surface area contributed by atoms with Crippen LogP contribution >= 0.6 is 11.6 Å². The van der Waals surface area contributed by atoms with Gasteiger partial charge in [-0.25, -0.2) is 8.78 Å². The third kappa shape index (κ3) is 1.83. The van der Waals surface area contributed by atoms with E-state index in [1.807, 2.05) is 6.07 Å². The number of pyridine rings is 1. The summed E-state index contributed by atoms with van der Waals surface area (Å²) in [5.74, 6) is -0.128. The molecule has 0 aliphatic carbocycles. The van der Waals surface area contributed by atoms with Crippen LogP contribution in [0.4, 0.5) is 8.78 Å². The maximum Gasteiger partial charge on any atom is 0.280 e. The lowest BCUT2D eigenvalue weighted by molar-refractivity contribution is 0.145. The Morgan fingerprint density at radius 3 is 2.71 bits per heavy atom. The van der Waals surface area contributed by atoms with Crippen molar-refractivity contribution in [2.24, 2.45) is 0 Å². The summed E-state index contributed by atoms with van der Waals surface area (Å²) in [6.07, 6.45) is -1.44. The van der Waals surface area contributed by atoms with E-state index in [2.05, 4.69) is 4.98 Å². The molecule has 0 unspecified atom stereocenters. The minimum absolute atomic E-state index is 0.128. The quantitative estimate of drug-likeness (QED) is 0.713. The molecule has 0 amide bonds. The molecule has 1 heterocycles. The predicted octanol–water partition coefficient (Wildman–Crippen LogP) is 2.94. The lowest BCUT2D eigenvalue weighted by Crippen LogP contribution is -2.02. The van der Waals surface area contributed by atoms with Gasteiger partial charge in [-0.3, -0.25) is 4.98 Å². The molecule has 1 rings (SSSR count). The fourth-order valence-corrected chi connectivity index (χ4v) is 1.42. The molecule has 0 aliphatic heterocycles. The van der Waals surface area contributed by atoms with Crippen molar-refractivity contribution in [2.75, 3.05) is 0 Å². The highest BCUT2D eigenvalue weighted by Gasteiger charge is 2.18. The smallest absolute Gasteiger partial charge is 0.255 e. The Morgan fingerprint density at radius 2 is 2.29 bits per heavy atom. The van der Waals surface area contributed by atoms with Crippen LogP contribution in [-0.4, -0.2) is 4.98 Å². The van der Waals surface area contributed by atoms with Gasteiger partial charge >= 0.3 is 0 Å². The normalized spacial score (nSPS) is 10.3. The zero-order valence-corrected chi connectivity index (χ0v) is 8.15. The van der Waals surface area contributed by atoms with Gasteiger partial charge in [0.2, 0.25) is 0 Å². The van der Waals surface area contributed by atoms with Gasteiger partial charge in [0.05, 0.1) is 17.5 Å². The molecule has 14 heavy (non-hydrogen) atoms. The minimum Gasteiger partial charge on any atom is -0.255 e. The van der Waals surface area contributed by atoms with Crippen LogP contribution in [-0.2, 0) is 5.88 Å². The van der Waals surface area contributed by atoms with Crippen molar-refractivity contribution in [1.82, 2.24) is 4.98 Å². The first-order chi connectivity index (χ1) is 6.61. The molecule has 0 N–H and O–H groups in total. The number of hydrogen-bond acceptors (Lipinski definition) is 2. The molecular weight excluding hydrogens is 210 g/mol. The van der Waals surface area contributed by atoms with Crippen molar-refractivity contribution in [3.05, 3.63) is 28.6 Å². The number of nitriles is 1. The second kappa shape index (κ2) is 4.34. The van der Waals surface area contributed by atoms with Gasteiger partial charge in [0, 0.05) is 11.8 Å². The van der Waals surface area contributed by atoms with Gasteiger partial charge < -0.3 is 0 Å². The Balaban J connectivity index is 3.42.